The van der Waals surface area contributed by atoms with E-state index in [4.69, 9.17) is 11.6 Å². The number of imide groups is 1. The SMILES string of the molecule is O=C1C2CCCNC2N(Cc2ccc(F)cc2)C(=O)N1Cc1ccccc1Cl. The highest BCUT2D eigenvalue weighted by molar-refractivity contribution is 6.31. The van der Waals surface area contributed by atoms with Gasteiger partial charge in [-0.25, -0.2) is 9.18 Å². The molecule has 5 nitrogen and oxygen atoms in total. The summed E-state index contributed by atoms with van der Waals surface area (Å²) in [7, 11) is 0. The van der Waals surface area contributed by atoms with Crippen LogP contribution >= 0.6 is 11.6 Å². The van der Waals surface area contributed by atoms with Crippen molar-refractivity contribution in [2.75, 3.05) is 6.54 Å². The van der Waals surface area contributed by atoms with Crippen LogP contribution in [0, 0.1) is 11.7 Å². The Morgan fingerprint density at radius 1 is 1.07 bits per heavy atom. The molecule has 7 heteroatoms. The molecule has 2 aromatic carbocycles. The van der Waals surface area contributed by atoms with E-state index in [0.717, 1.165) is 30.5 Å². The van der Waals surface area contributed by atoms with Crippen molar-refractivity contribution in [3.8, 4) is 0 Å². The van der Waals surface area contributed by atoms with Crippen molar-refractivity contribution >= 4 is 23.5 Å². The third kappa shape index (κ3) is 3.62. The average Bonchev–Trinajstić information content (AvgIpc) is 2.71. The molecule has 0 spiro atoms. The van der Waals surface area contributed by atoms with Crippen molar-refractivity contribution in [2.24, 2.45) is 5.92 Å². The maximum Gasteiger partial charge on any atom is 0.328 e. The number of fused-ring (bicyclic) bond motifs is 1. The third-order valence-electron chi connectivity index (χ3n) is 5.37. The molecule has 0 bridgehead atoms. The normalized spacial score (nSPS) is 22.4. The van der Waals surface area contributed by atoms with Gasteiger partial charge in [-0.1, -0.05) is 41.9 Å². The standard InChI is InChI=1S/C21H21ClFN3O2/c22-18-6-2-1-4-15(18)13-26-20(27)17-5-3-11-24-19(17)25(21(26)28)12-14-7-9-16(23)10-8-14/h1-2,4,6-10,17,19,24H,3,5,11-13H2. The number of amides is 3. The van der Waals surface area contributed by atoms with Crippen LogP contribution in [0.15, 0.2) is 48.5 Å². The summed E-state index contributed by atoms with van der Waals surface area (Å²) in [5.41, 5.74) is 1.54. The van der Waals surface area contributed by atoms with E-state index in [1.165, 1.54) is 17.0 Å². The first-order valence-electron chi connectivity index (χ1n) is 9.38. The van der Waals surface area contributed by atoms with Crippen molar-refractivity contribution in [2.45, 2.75) is 32.1 Å². The number of benzene rings is 2. The van der Waals surface area contributed by atoms with Gasteiger partial charge >= 0.3 is 6.03 Å². The van der Waals surface area contributed by atoms with Crippen LogP contribution in [-0.2, 0) is 17.9 Å². The lowest BCUT2D eigenvalue weighted by Gasteiger charge is -2.47. The molecule has 0 radical (unpaired) electrons. The van der Waals surface area contributed by atoms with E-state index in [2.05, 4.69) is 5.32 Å². The molecule has 2 aliphatic heterocycles. The predicted octanol–water partition coefficient (Wildman–Crippen LogP) is 3.77. The molecule has 2 atom stereocenters. The van der Waals surface area contributed by atoms with Gasteiger partial charge in [-0.05, 0) is 48.7 Å². The summed E-state index contributed by atoms with van der Waals surface area (Å²) in [5.74, 6) is -0.787. The molecule has 0 aromatic heterocycles. The Hall–Kier alpha value is -2.44. The smallest absolute Gasteiger partial charge is 0.304 e. The van der Waals surface area contributed by atoms with Gasteiger partial charge in [0.1, 0.15) is 5.82 Å². The number of carbonyl (C=O) groups is 2. The molecular formula is C21H21ClFN3O2. The van der Waals surface area contributed by atoms with Crippen LogP contribution in [0.5, 0.6) is 0 Å². The lowest BCUT2D eigenvalue weighted by molar-refractivity contribution is -0.142. The number of piperidine rings is 1. The predicted molar refractivity (Wildman–Crippen MR) is 104 cm³/mol. The first-order chi connectivity index (χ1) is 13.5. The second kappa shape index (κ2) is 7.89. The van der Waals surface area contributed by atoms with Crippen LogP contribution in [0.3, 0.4) is 0 Å². The zero-order valence-electron chi connectivity index (χ0n) is 15.3. The van der Waals surface area contributed by atoms with Crippen LogP contribution in [0.25, 0.3) is 0 Å². The molecule has 2 aliphatic rings. The van der Waals surface area contributed by atoms with E-state index < -0.39 is 0 Å². The minimum atomic E-state index is -0.357. The highest BCUT2D eigenvalue weighted by Gasteiger charge is 2.47. The number of halogens is 2. The summed E-state index contributed by atoms with van der Waals surface area (Å²) in [6.45, 7) is 1.20. The molecule has 0 saturated carbocycles. The van der Waals surface area contributed by atoms with Crippen molar-refractivity contribution in [1.29, 1.82) is 0 Å². The summed E-state index contributed by atoms with van der Waals surface area (Å²) in [6, 6.07) is 12.9. The maximum absolute atomic E-state index is 13.3. The number of nitrogens with one attached hydrogen (secondary N) is 1. The largest absolute Gasteiger partial charge is 0.328 e. The quantitative estimate of drug-likeness (QED) is 0.848. The third-order valence-corrected chi connectivity index (χ3v) is 5.74. The minimum Gasteiger partial charge on any atom is -0.304 e. The first kappa shape index (κ1) is 18.9. The fourth-order valence-electron chi connectivity index (χ4n) is 3.92. The Morgan fingerprint density at radius 2 is 1.82 bits per heavy atom. The highest BCUT2D eigenvalue weighted by atomic mass is 35.5. The summed E-state index contributed by atoms with van der Waals surface area (Å²) in [6.07, 6.45) is 1.26. The highest BCUT2D eigenvalue weighted by Crippen LogP contribution is 2.31. The fourth-order valence-corrected chi connectivity index (χ4v) is 4.12. The van der Waals surface area contributed by atoms with Gasteiger partial charge in [0.2, 0.25) is 5.91 Å². The van der Waals surface area contributed by atoms with Crippen molar-refractivity contribution in [3.05, 3.63) is 70.5 Å². The number of nitrogens with zero attached hydrogens (tertiary/aromatic N) is 2. The van der Waals surface area contributed by atoms with Crippen LogP contribution < -0.4 is 5.32 Å². The molecule has 2 unspecified atom stereocenters. The average molecular weight is 402 g/mol. The lowest BCUT2D eigenvalue weighted by Crippen LogP contribution is -2.66. The molecule has 4 rings (SSSR count). The molecule has 2 fully saturated rings. The van der Waals surface area contributed by atoms with Gasteiger partial charge in [0.25, 0.3) is 0 Å². The van der Waals surface area contributed by atoms with Gasteiger partial charge in [-0.2, -0.15) is 0 Å². The Labute approximate surface area is 168 Å². The van der Waals surface area contributed by atoms with Crippen molar-refractivity contribution in [1.82, 2.24) is 15.1 Å². The first-order valence-corrected chi connectivity index (χ1v) is 9.75. The Balaban J connectivity index is 1.63. The lowest BCUT2D eigenvalue weighted by atomic mass is 9.91. The van der Waals surface area contributed by atoms with Gasteiger partial charge in [-0.3, -0.25) is 15.0 Å². The molecule has 0 aliphatic carbocycles. The Kier molecular flexibility index (Phi) is 5.33. The molecule has 146 valence electrons. The molecule has 3 amide bonds. The zero-order chi connectivity index (χ0) is 19.7. The number of carbonyl (C=O) groups excluding carboxylic acids is 2. The van der Waals surface area contributed by atoms with Crippen LogP contribution in [0.4, 0.5) is 9.18 Å². The monoisotopic (exact) mass is 401 g/mol. The molecule has 2 aromatic rings. The van der Waals surface area contributed by atoms with Crippen LogP contribution in [0.1, 0.15) is 24.0 Å². The maximum atomic E-state index is 13.3. The van der Waals surface area contributed by atoms with Gasteiger partial charge in [0.15, 0.2) is 0 Å². The van der Waals surface area contributed by atoms with Crippen LogP contribution in [-0.4, -0.2) is 34.4 Å². The fraction of sp³-hybridized carbons (Fsp3) is 0.333. The van der Waals surface area contributed by atoms with Crippen LogP contribution in [0.2, 0.25) is 5.02 Å². The Morgan fingerprint density at radius 3 is 2.57 bits per heavy atom. The summed E-state index contributed by atoms with van der Waals surface area (Å²) >= 11 is 6.25. The summed E-state index contributed by atoms with van der Waals surface area (Å²) in [5, 5.41) is 3.84. The van der Waals surface area contributed by atoms with E-state index in [-0.39, 0.29) is 36.4 Å². The zero-order valence-corrected chi connectivity index (χ0v) is 16.0. The summed E-state index contributed by atoms with van der Waals surface area (Å²) < 4.78 is 13.2. The second-order valence-electron chi connectivity index (χ2n) is 7.20. The molecule has 2 heterocycles. The van der Waals surface area contributed by atoms with Crippen molar-refractivity contribution in [3.63, 3.8) is 0 Å². The molecular weight excluding hydrogens is 381 g/mol. The molecule has 1 N–H and O–H groups in total. The van der Waals surface area contributed by atoms with E-state index in [1.54, 1.807) is 23.1 Å². The van der Waals surface area contributed by atoms with E-state index in [1.807, 2.05) is 18.2 Å². The number of hydrogen-bond acceptors (Lipinski definition) is 3. The van der Waals surface area contributed by atoms with Gasteiger partial charge in [-0.15, -0.1) is 0 Å². The molecule has 28 heavy (non-hydrogen) atoms. The number of rotatable bonds is 4. The number of hydrogen-bond donors (Lipinski definition) is 1. The van der Waals surface area contributed by atoms with Gasteiger partial charge in [0.05, 0.1) is 18.6 Å². The van der Waals surface area contributed by atoms with Gasteiger partial charge < -0.3 is 4.90 Å². The topological polar surface area (TPSA) is 52.7 Å². The van der Waals surface area contributed by atoms with E-state index in [0.29, 0.717) is 11.6 Å². The Bertz CT molecular complexity index is 889. The summed E-state index contributed by atoms with van der Waals surface area (Å²) in [4.78, 5) is 29.3. The van der Waals surface area contributed by atoms with Crippen molar-refractivity contribution < 1.29 is 14.0 Å². The number of urea groups is 1. The second-order valence-corrected chi connectivity index (χ2v) is 7.61. The molecule has 2 saturated heterocycles. The van der Waals surface area contributed by atoms with E-state index >= 15 is 0 Å². The minimum absolute atomic E-state index is 0.139. The van der Waals surface area contributed by atoms with E-state index in [9.17, 15) is 14.0 Å². The van der Waals surface area contributed by atoms with Gasteiger partial charge in [0, 0.05) is 11.6 Å².